The minimum atomic E-state index is -0.528. The Labute approximate surface area is 97.1 Å². The van der Waals surface area contributed by atoms with Crippen molar-refractivity contribution >= 4 is 23.0 Å². The van der Waals surface area contributed by atoms with Crippen molar-refractivity contribution in [2.45, 2.75) is 12.5 Å². The van der Waals surface area contributed by atoms with Gasteiger partial charge in [0.2, 0.25) is 5.91 Å². The van der Waals surface area contributed by atoms with Crippen molar-refractivity contribution in [1.29, 1.82) is 0 Å². The minimum absolute atomic E-state index is 0.00242. The van der Waals surface area contributed by atoms with Crippen LogP contribution in [0.25, 0.3) is 0 Å². The molecule has 1 unspecified atom stereocenters. The molecule has 7 heteroatoms. The summed E-state index contributed by atoms with van der Waals surface area (Å²) in [5.41, 5.74) is 6.23. The molecule has 1 saturated heterocycles. The average molecular weight is 236 g/mol. The zero-order valence-electron chi connectivity index (χ0n) is 8.97. The predicted octanol–water partition coefficient (Wildman–Crippen LogP) is 0.477. The third-order valence-corrected chi connectivity index (χ3v) is 2.57. The van der Waals surface area contributed by atoms with Gasteiger partial charge in [-0.15, -0.1) is 0 Å². The van der Waals surface area contributed by atoms with Gasteiger partial charge in [-0.2, -0.15) is 0 Å². The summed E-state index contributed by atoms with van der Waals surface area (Å²) < 4.78 is 0. The number of hydrogen-bond acceptors (Lipinski definition) is 5. The molecule has 0 spiro atoms. The second-order valence-corrected chi connectivity index (χ2v) is 3.88. The van der Waals surface area contributed by atoms with E-state index in [1.807, 2.05) is 0 Å². The van der Waals surface area contributed by atoms with Gasteiger partial charge in [0.1, 0.15) is 5.69 Å². The Morgan fingerprint density at radius 3 is 2.82 bits per heavy atom. The summed E-state index contributed by atoms with van der Waals surface area (Å²) in [6.45, 7) is 0.551. The van der Waals surface area contributed by atoms with E-state index in [1.54, 1.807) is 6.07 Å². The smallest absolute Gasteiger partial charge is 0.292 e. The Morgan fingerprint density at radius 2 is 2.29 bits per heavy atom. The van der Waals surface area contributed by atoms with Gasteiger partial charge in [-0.25, -0.2) is 0 Å². The first-order valence-corrected chi connectivity index (χ1v) is 5.13. The molecule has 1 aliphatic rings. The molecule has 7 nitrogen and oxygen atoms in total. The number of carbonyl (C=O) groups excluding carboxylic acids is 1. The Kier molecular flexibility index (Phi) is 2.82. The number of nitrogens with zero attached hydrogens (tertiary/aromatic N) is 1. The summed E-state index contributed by atoms with van der Waals surface area (Å²) in [5.74, 6) is -0.00242. The molecule has 17 heavy (non-hydrogen) atoms. The van der Waals surface area contributed by atoms with E-state index in [9.17, 15) is 14.9 Å². The molecule has 90 valence electrons. The fourth-order valence-electron chi connectivity index (χ4n) is 1.75. The first kappa shape index (κ1) is 11.2. The molecule has 1 fully saturated rings. The lowest BCUT2D eigenvalue weighted by molar-refractivity contribution is -0.383. The highest BCUT2D eigenvalue weighted by Gasteiger charge is 2.21. The van der Waals surface area contributed by atoms with Crippen molar-refractivity contribution < 1.29 is 9.72 Å². The summed E-state index contributed by atoms with van der Waals surface area (Å²) in [7, 11) is 0. The number of benzene rings is 1. The van der Waals surface area contributed by atoms with Crippen molar-refractivity contribution in [3.8, 4) is 0 Å². The molecule has 0 radical (unpaired) electrons. The number of nitro benzene ring substituents is 1. The normalized spacial score (nSPS) is 18.8. The highest BCUT2D eigenvalue weighted by atomic mass is 16.6. The second-order valence-electron chi connectivity index (χ2n) is 3.88. The van der Waals surface area contributed by atoms with Crippen molar-refractivity contribution in [3.05, 3.63) is 28.3 Å². The summed E-state index contributed by atoms with van der Waals surface area (Å²) in [4.78, 5) is 21.0. The van der Waals surface area contributed by atoms with E-state index in [-0.39, 0.29) is 23.3 Å². The number of nitro groups is 1. The van der Waals surface area contributed by atoms with Crippen molar-refractivity contribution in [1.82, 2.24) is 5.32 Å². The second kappa shape index (κ2) is 4.28. The molecule has 1 heterocycles. The van der Waals surface area contributed by atoms with Gasteiger partial charge in [-0.05, 0) is 12.1 Å². The van der Waals surface area contributed by atoms with Crippen LogP contribution < -0.4 is 16.4 Å². The summed E-state index contributed by atoms with van der Waals surface area (Å²) in [5, 5.41) is 16.4. The fraction of sp³-hybridized carbons (Fsp3) is 0.300. The molecule has 0 aromatic heterocycles. The molecule has 1 aliphatic heterocycles. The van der Waals surface area contributed by atoms with Crippen LogP contribution in [0.3, 0.4) is 0 Å². The molecule has 1 aromatic carbocycles. The number of carbonyl (C=O) groups is 1. The minimum Gasteiger partial charge on any atom is -0.393 e. The maximum atomic E-state index is 11.0. The van der Waals surface area contributed by atoms with Crippen LogP contribution in [0.1, 0.15) is 6.42 Å². The van der Waals surface area contributed by atoms with Gasteiger partial charge in [-0.1, -0.05) is 0 Å². The van der Waals surface area contributed by atoms with Crippen molar-refractivity contribution in [2.75, 3.05) is 17.6 Å². The van der Waals surface area contributed by atoms with Crippen LogP contribution in [-0.2, 0) is 4.79 Å². The maximum Gasteiger partial charge on any atom is 0.292 e. The van der Waals surface area contributed by atoms with Gasteiger partial charge < -0.3 is 16.4 Å². The molecule has 1 atom stereocenters. The van der Waals surface area contributed by atoms with E-state index in [1.165, 1.54) is 12.1 Å². The zero-order chi connectivity index (χ0) is 12.4. The van der Waals surface area contributed by atoms with Crippen LogP contribution in [0.15, 0.2) is 18.2 Å². The topological polar surface area (TPSA) is 110 Å². The summed E-state index contributed by atoms with van der Waals surface area (Å²) in [6, 6.07) is 4.43. The van der Waals surface area contributed by atoms with E-state index in [0.717, 1.165) is 0 Å². The number of anilines is 2. The van der Waals surface area contributed by atoms with E-state index in [2.05, 4.69) is 10.6 Å². The Balaban J connectivity index is 2.10. The Hall–Kier alpha value is -2.31. The molecule has 0 bridgehead atoms. The van der Waals surface area contributed by atoms with Crippen LogP contribution >= 0.6 is 0 Å². The van der Waals surface area contributed by atoms with E-state index < -0.39 is 4.92 Å². The number of rotatable bonds is 3. The monoisotopic (exact) mass is 236 g/mol. The molecular formula is C10H12N4O3. The van der Waals surface area contributed by atoms with Crippen LogP contribution in [0, 0.1) is 10.1 Å². The lowest BCUT2D eigenvalue weighted by Crippen LogP contribution is -2.22. The van der Waals surface area contributed by atoms with Crippen LogP contribution in [0.2, 0.25) is 0 Å². The van der Waals surface area contributed by atoms with Crippen LogP contribution in [-0.4, -0.2) is 23.4 Å². The lowest BCUT2D eigenvalue weighted by atomic mass is 10.2. The van der Waals surface area contributed by atoms with Gasteiger partial charge in [0.25, 0.3) is 5.69 Å². The SMILES string of the molecule is Nc1cc(NC2CNC(=O)C2)ccc1[N+](=O)[O-]. The standard InChI is InChI=1S/C10H12N4O3/c11-8-3-6(1-2-9(8)14(16)17)13-7-4-10(15)12-5-7/h1-3,7,13H,4-5,11H2,(H,12,15). The molecule has 1 amide bonds. The van der Waals surface area contributed by atoms with E-state index >= 15 is 0 Å². The van der Waals surface area contributed by atoms with Crippen LogP contribution in [0.4, 0.5) is 17.1 Å². The highest BCUT2D eigenvalue weighted by Crippen LogP contribution is 2.25. The maximum absolute atomic E-state index is 11.0. The number of nitrogens with two attached hydrogens (primary N) is 1. The van der Waals surface area contributed by atoms with Gasteiger partial charge >= 0.3 is 0 Å². The lowest BCUT2D eigenvalue weighted by Gasteiger charge is -2.12. The molecule has 2 rings (SSSR count). The average Bonchev–Trinajstić information content (AvgIpc) is 2.63. The van der Waals surface area contributed by atoms with E-state index in [0.29, 0.717) is 18.7 Å². The number of nitrogen functional groups attached to an aromatic ring is 1. The molecular weight excluding hydrogens is 224 g/mol. The Morgan fingerprint density at radius 1 is 1.53 bits per heavy atom. The van der Waals surface area contributed by atoms with Gasteiger partial charge in [-0.3, -0.25) is 14.9 Å². The summed E-state index contributed by atoms with van der Waals surface area (Å²) in [6.07, 6.45) is 0.400. The zero-order valence-corrected chi connectivity index (χ0v) is 8.97. The number of hydrogen-bond donors (Lipinski definition) is 3. The highest BCUT2D eigenvalue weighted by molar-refractivity contribution is 5.80. The van der Waals surface area contributed by atoms with Gasteiger partial charge in [0.05, 0.1) is 11.0 Å². The molecule has 0 aliphatic carbocycles. The predicted molar refractivity (Wildman–Crippen MR) is 62.5 cm³/mol. The first-order valence-electron chi connectivity index (χ1n) is 5.13. The fourth-order valence-corrected chi connectivity index (χ4v) is 1.75. The molecule has 0 saturated carbocycles. The Bertz CT molecular complexity index is 475. The van der Waals surface area contributed by atoms with Crippen molar-refractivity contribution in [3.63, 3.8) is 0 Å². The van der Waals surface area contributed by atoms with Gasteiger partial charge in [0, 0.05) is 24.7 Å². The molecule has 1 aromatic rings. The quantitative estimate of drug-likeness (QED) is 0.401. The van der Waals surface area contributed by atoms with Crippen molar-refractivity contribution in [2.24, 2.45) is 0 Å². The number of amides is 1. The third kappa shape index (κ3) is 2.44. The summed E-state index contributed by atoms with van der Waals surface area (Å²) >= 11 is 0. The van der Waals surface area contributed by atoms with Gasteiger partial charge in [0.15, 0.2) is 0 Å². The van der Waals surface area contributed by atoms with E-state index in [4.69, 9.17) is 5.73 Å². The third-order valence-electron chi connectivity index (χ3n) is 2.57. The molecule has 4 N–H and O–H groups in total. The first-order chi connectivity index (χ1) is 8.06. The largest absolute Gasteiger partial charge is 0.393 e. The number of nitrogens with one attached hydrogen (secondary N) is 2. The van der Waals surface area contributed by atoms with Crippen LogP contribution in [0.5, 0.6) is 0 Å².